The largest absolute Gasteiger partial charge is 0.508 e. The third kappa shape index (κ3) is 6.42. The van der Waals surface area contributed by atoms with Gasteiger partial charge in [-0.05, 0) is 48.1 Å². The molecule has 4 unspecified atom stereocenters. The monoisotopic (exact) mass is 516 g/mol. The zero-order valence-corrected chi connectivity index (χ0v) is 22.2. The SMILES string of the molecule is CCCCOC1CC(F)C(COC(=O)OCC)OC1c1ccc2c(c1)[C@H](c1ccc(CC)cc1)CS2. The molecule has 7 heteroatoms. The molecule has 0 aliphatic carbocycles. The molecule has 2 aromatic rings. The molecule has 2 aromatic carbocycles. The summed E-state index contributed by atoms with van der Waals surface area (Å²) < 4.78 is 37.4. The van der Waals surface area contributed by atoms with Crippen LogP contribution >= 0.6 is 11.8 Å². The molecule has 2 aliphatic rings. The molecule has 1 fully saturated rings. The number of aryl methyl sites for hydroxylation is 1. The van der Waals surface area contributed by atoms with Gasteiger partial charge in [0.2, 0.25) is 0 Å². The van der Waals surface area contributed by atoms with Crippen LogP contribution in [0.5, 0.6) is 0 Å². The van der Waals surface area contributed by atoms with E-state index < -0.39 is 30.6 Å². The molecule has 4 rings (SSSR count). The summed E-state index contributed by atoms with van der Waals surface area (Å²) >= 11 is 1.87. The molecule has 1 saturated heterocycles. The first-order chi connectivity index (χ1) is 17.5. The predicted octanol–water partition coefficient (Wildman–Crippen LogP) is 7.01. The highest BCUT2D eigenvalue weighted by Crippen LogP contribution is 2.45. The van der Waals surface area contributed by atoms with Gasteiger partial charge in [0, 0.05) is 29.6 Å². The zero-order chi connectivity index (χ0) is 25.5. The van der Waals surface area contributed by atoms with Gasteiger partial charge in [-0.2, -0.15) is 0 Å². The van der Waals surface area contributed by atoms with Gasteiger partial charge in [-0.1, -0.05) is 56.7 Å². The molecule has 0 bridgehead atoms. The van der Waals surface area contributed by atoms with E-state index >= 15 is 4.39 Å². The van der Waals surface area contributed by atoms with Gasteiger partial charge in [-0.3, -0.25) is 0 Å². The normalized spacial score (nSPS) is 25.4. The molecule has 2 aliphatic heterocycles. The topological polar surface area (TPSA) is 54.0 Å². The Morgan fingerprint density at radius 1 is 1.08 bits per heavy atom. The van der Waals surface area contributed by atoms with Crippen molar-refractivity contribution in [3.05, 3.63) is 64.7 Å². The number of halogens is 1. The van der Waals surface area contributed by atoms with Crippen LogP contribution in [0.3, 0.4) is 0 Å². The molecule has 2 heterocycles. The number of carbonyl (C=O) groups excluding carboxylic acids is 1. The van der Waals surface area contributed by atoms with Gasteiger partial charge in [-0.15, -0.1) is 11.8 Å². The highest BCUT2D eigenvalue weighted by molar-refractivity contribution is 7.99. The molecular formula is C29H37FO5S. The van der Waals surface area contributed by atoms with Crippen molar-refractivity contribution in [3.8, 4) is 0 Å². The highest BCUT2D eigenvalue weighted by Gasteiger charge is 2.41. The van der Waals surface area contributed by atoms with Crippen molar-refractivity contribution in [1.29, 1.82) is 0 Å². The number of thioether (sulfide) groups is 1. The lowest BCUT2D eigenvalue weighted by Crippen LogP contribution is -2.44. The van der Waals surface area contributed by atoms with Gasteiger partial charge in [-0.25, -0.2) is 9.18 Å². The second kappa shape index (κ2) is 12.9. The average Bonchev–Trinajstić information content (AvgIpc) is 3.32. The fourth-order valence-electron chi connectivity index (χ4n) is 4.81. The maximum atomic E-state index is 15.1. The number of rotatable bonds is 10. The van der Waals surface area contributed by atoms with Crippen LogP contribution < -0.4 is 0 Å². The Kier molecular flexibility index (Phi) is 9.68. The van der Waals surface area contributed by atoms with E-state index in [9.17, 15) is 4.79 Å². The van der Waals surface area contributed by atoms with Crippen molar-refractivity contribution in [3.63, 3.8) is 0 Å². The summed E-state index contributed by atoms with van der Waals surface area (Å²) in [5.74, 6) is 1.30. The molecule has 5 nitrogen and oxygen atoms in total. The average molecular weight is 517 g/mol. The van der Waals surface area contributed by atoms with Crippen LogP contribution in [0.4, 0.5) is 9.18 Å². The van der Waals surface area contributed by atoms with Gasteiger partial charge in [0.25, 0.3) is 0 Å². The van der Waals surface area contributed by atoms with Gasteiger partial charge in [0.1, 0.15) is 25.0 Å². The first-order valence-electron chi connectivity index (χ1n) is 13.1. The van der Waals surface area contributed by atoms with Crippen molar-refractivity contribution in [1.82, 2.24) is 0 Å². The number of unbranched alkanes of at least 4 members (excludes halogenated alkanes) is 1. The molecule has 0 saturated carbocycles. The number of hydrogen-bond donors (Lipinski definition) is 0. The third-order valence-corrected chi connectivity index (χ3v) is 8.09. The number of carbonyl (C=O) groups is 1. The van der Waals surface area contributed by atoms with Gasteiger partial charge in [0.15, 0.2) is 0 Å². The highest BCUT2D eigenvalue weighted by atomic mass is 32.2. The molecule has 0 aromatic heterocycles. The van der Waals surface area contributed by atoms with E-state index in [2.05, 4.69) is 56.3 Å². The quantitative estimate of drug-likeness (QED) is 0.250. The van der Waals surface area contributed by atoms with Crippen molar-refractivity contribution < 1.29 is 28.1 Å². The number of benzene rings is 2. The van der Waals surface area contributed by atoms with E-state index in [0.717, 1.165) is 30.6 Å². The molecule has 5 atom stereocenters. The molecule has 0 amide bonds. The van der Waals surface area contributed by atoms with Crippen LogP contribution in [0.1, 0.15) is 74.3 Å². The van der Waals surface area contributed by atoms with Crippen LogP contribution in [0.25, 0.3) is 0 Å². The first-order valence-corrected chi connectivity index (χ1v) is 14.1. The van der Waals surface area contributed by atoms with E-state index in [1.165, 1.54) is 21.6 Å². The molecule has 0 radical (unpaired) electrons. The fraction of sp³-hybridized carbons (Fsp3) is 0.552. The van der Waals surface area contributed by atoms with Gasteiger partial charge < -0.3 is 18.9 Å². The minimum Gasteiger partial charge on any atom is -0.435 e. The number of alkyl halides is 1. The molecule has 36 heavy (non-hydrogen) atoms. The predicted molar refractivity (Wildman–Crippen MR) is 140 cm³/mol. The Labute approximate surface area is 218 Å². The summed E-state index contributed by atoms with van der Waals surface area (Å²) in [7, 11) is 0. The molecule has 0 N–H and O–H groups in total. The number of ether oxygens (including phenoxy) is 4. The third-order valence-electron chi connectivity index (χ3n) is 6.91. The Balaban J connectivity index is 1.56. The molecule has 196 valence electrons. The van der Waals surface area contributed by atoms with E-state index in [1.54, 1.807) is 6.92 Å². The minimum absolute atomic E-state index is 0.189. The molecular weight excluding hydrogens is 479 g/mol. The number of hydrogen-bond acceptors (Lipinski definition) is 6. The summed E-state index contributed by atoms with van der Waals surface area (Å²) in [5, 5.41) is 0. The summed E-state index contributed by atoms with van der Waals surface area (Å²) in [5.41, 5.74) is 4.89. The van der Waals surface area contributed by atoms with Crippen LogP contribution in [0.2, 0.25) is 0 Å². The van der Waals surface area contributed by atoms with Crippen molar-refractivity contribution in [2.75, 3.05) is 25.6 Å². The second-order valence-corrected chi connectivity index (χ2v) is 10.4. The lowest BCUT2D eigenvalue weighted by atomic mass is 9.88. The maximum Gasteiger partial charge on any atom is 0.508 e. The molecule has 0 spiro atoms. The van der Waals surface area contributed by atoms with Crippen molar-refractivity contribution in [2.24, 2.45) is 0 Å². The van der Waals surface area contributed by atoms with Crippen molar-refractivity contribution in [2.45, 2.75) is 81.8 Å². The lowest BCUT2D eigenvalue weighted by Gasteiger charge is -2.38. The Morgan fingerprint density at radius 3 is 2.58 bits per heavy atom. The van der Waals surface area contributed by atoms with Crippen LogP contribution in [0.15, 0.2) is 47.4 Å². The lowest BCUT2D eigenvalue weighted by molar-refractivity contribution is -0.181. The summed E-state index contributed by atoms with van der Waals surface area (Å²) in [6.07, 6.45) is -0.689. The van der Waals surface area contributed by atoms with E-state index in [4.69, 9.17) is 18.9 Å². The number of fused-ring (bicyclic) bond motifs is 1. The fourth-order valence-corrected chi connectivity index (χ4v) is 6.06. The minimum atomic E-state index is -1.29. The van der Waals surface area contributed by atoms with Crippen LogP contribution in [0, 0.1) is 0 Å². The van der Waals surface area contributed by atoms with E-state index in [-0.39, 0.29) is 19.6 Å². The Morgan fingerprint density at radius 2 is 1.86 bits per heavy atom. The Bertz CT molecular complexity index is 998. The Hall–Kier alpha value is -2.09. The maximum absolute atomic E-state index is 15.1. The summed E-state index contributed by atoms with van der Waals surface area (Å²) in [6, 6.07) is 15.3. The van der Waals surface area contributed by atoms with E-state index in [0.29, 0.717) is 12.5 Å². The standard InChI is InChI=1S/C29H37FO5S/c1-4-7-14-33-25-16-24(30)26(17-34-29(31)32-6-3)35-28(25)21-12-13-27-22(15-21)23(18-36-27)20-10-8-19(5-2)9-11-20/h8-13,15,23-26,28H,4-7,14,16-18H2,1-3H3/t23-,24?,25?,26?,28?/m0/s1. The summed E-state index contributed by atoms with van der Waals surface area (Å²) in [4.78, 5) is 12.9. The van der Waals surface area contributed by atoms with Gasteiger partial charge in [0.05, 0.1) is 12.7 Å². The second-order valence-electron chi connectivity index (χ2n) is 9.36. The first kappa shape index (κ1) is 27.0. The zero-order valence-electron chi connectivity index (χ0n) is 21.4. The summed E-state index contributed by atoms with van der Waals surface area (Å²) in [6.45, 7) is 6.54. The van der Waals surface area contributed by atoms with Crippen LogP contribution in [-0.4, -0.2) is 50.1 Å². The van der Waals surface area contributed by atoms with E-state index in [1.807, 2.05) is 11.8 Å². The van der Waals surface area contributed by atoms with Crippen molar-refractivity contribution >= 4 is 17.9 Å². The smallest absolute Gasteiger partial charge is 0.435 e. The van der Waals surface area contributed by atoms with Crippen LogP contribution in [-0.2, 0) is 25.4 Å². The van der Waals surface area contributed by atoms with Gasteiger partial charge >= 0.3 is 6.16 Å².